The van der Waals surface area contributed by atoms with Gasteiger partial charge in [-0.05, 0) is 43.9 Å². The van der Waals surface area contributed by atoms with E-state index < -0.39 is 0 Å². The Hall–Kier alpha value is -1.51. The number of aromatic nitrogens is 2. The summed E-state index contributed by atoms with van der Waals surface area (Å²) in [6.45, 7) is 4.33. The molecule has 1 fully saturated rings. The van der Waals surface area contributed by atoms with Crippen LogP contribution in [-0.4, -0.2) is 9.55 Å². The van der Waals surface area contributed by atoms with Crippen LogP contribution in [0.15, 0.2) is 18.2 Å². The van der Waals surface area contributed by atoms with Gasteiger partial charge in [0.2, 0.25) is 5.95 Å². The first-order chi connectivity index (χ1) is 8.15. The number of fused-ring (bicyclic) bond motifs is 1. The fourth-order valence-corrected chi connectivity index (χ4v) is 2.63. The Kier molecular flexibility index (Phi) is 2.35. The van der Waals surface area contributed by atoms with E-state index in [-0.39, 0.29) is 0 Å². The summed E-state index contributed by atoms with van der Waals surface area (Å²) in [5.74, 6) is 1.56. The van der Waals surface area contributed by atoms with Gasteiger partial charge in [-0.15, -0.1) is 0 Å². The molecule has 3 rings (SSSR count). The van der Waals surface area contributed by atoms with Gasteiger partial charge in [0.05, 0.1) is 11.0 Å². The van der Waals surface area contributed by atoms with Crippen LogP contribution in [0.3, 0.4) is 0 Å². The number of nitrogen functional groups attached to an aromatic ring is 1. The summed E-state index contributed by atoms with van der Waals surface area (Å²) in [5.41, 5.74) is 9.47. The summed E-state index contributed by atoms with van der Waals surface area (Å²) >= 11 is 0. The number of nitrogens with zero attached hydrogens (tertiary/aromatic N) is 2. The maximum atomic E-state index is 6.05. The molecule has 2 aromatic rings. The number of nitrogens with two attached hydrogens (primary N) is 1. The van der Waals surface area contributed by atoms with Crippen molar-refractivity contribution < 1.29 is 0 Å². The van der Waals surface area contributed by atoms with Gasteiger partial charge in [-0.25, -0.2) is 4.98 Å². The zero-order chi connectivity index (χ0) is 12.0. The van der Waals surface area contributed by atoms with Gasteiger partial charge < -0.3 is 10.3 Å². The molecule has 3 heteroatoms. The molecule has 17 heavy (non-hydrogen) atoms. The van der Waals surface area contributed by atoms with Crippen LogP contribution in [0.4, 0.5) is 5.95 Å². The molecule has 0 saturated heterocycles. The average molecular weight is 229 g/mol. The third-order valence-corrected chi connectivity index (χ3v) is 3.68. The van der Waals surface area contributed by atoms with E-state index in [1.807, 2.05) is 0 Å². The first-order valence-electron chi connectivity index (χ1n) is 6.39. The lowest BCUT2D eigenvalue weighted by atomic mass is 10.1. The second-order valence-corrected chi connectivity index (χ2v) is 5.36. The zero-order valence-corrected chi connectivity index (χ0v) is 10.5. The highest BCUT2D eigenvalue weighted by atomic mass is 15.2. The summed E-state index contributed by atoms with van der Waals surface area (Å²) in [5, 5.41) is 0. The normalized spacial score (nSPS) is 17.5. The first kappa shape index (κ1) is 10.6. The van der Waals surface area contributed by atoms with E-state index >= 15 is 0 Å². The molecule has 0 radical (unpaired) electrons. The third kappa shape index (κ3) is 1.90. The lowest BCUT2D eigenvalue weighted by Crippen LogP contribution is -2.09. The average Bonchev–Trinajstić information content (AvgIpc) is 2.99. The molecule has 1 unspecified atom stereocenters. The van der Waals surface area contributed by atoms with E-state index in [4.69, 9.17) is 5.73 Å². The Labute approximate surface area is 102 Å². The second kappa shape index (κ2) is 3.76. The van der Waals surface area contributed by atoms with E-state index in [2.05, 4.69) is 41.6 Å². The van der Waals surface area contributed by atoms with Gasteiger partial charge in [0.15, 0.2) is 0 Å². The van der Waals surface area contributed by atoms with Crippen molar-refractivity contribution in [1.29, 1.82) is 0 Å². The van der Waals surface area contributed by atoms with Crippen LogP contribution < -0.4 is 5.73 Å². The fourth-order valence-electron chi connectivity index (χ4n) is 2.63. The van der Waals surface area contributed by atoms with E-state index in [0.29, 0.717) is 12.0 Å². The number of hydrogen-bond acceptors (Lipinski definition) is 2. The van der Waals surface area contributed by atoms with Gasteiger partial charge in [0.1, 0.15) is 0 Å². The first-order valence-corrected chi connectivity index (χ1v) is 6.39. The van der Waals surface area contributed by atoms with Crippen LogP contribution >= 0.6 is 0 Å². The highest BCUT2D eigenvalue weighted by Gasteiger charge is 2.25. The van der Waals surface area contributed by atoms with Gasteiger partial charge in [0.25, 0.3) is 0 Å². The number of aryl methyl sites for hydroxylation is 1. The van der Waals surface area contributed by atoms with Crippen LogP contribution in [0.25, 0.3) is 11.0 Å². The maximum absolute atomic E-state index is 6.05. The van der Waals surface area contributed by atoms with E-state index in [1.165, 1.54) is 30.3 Å². The van der Waals surface area contributed by atoms with Crippen LogP contribution in [0.5, 0.6) is 0 Å². The number of hydrogen-bond donors (Lipinski definition) is 1. The van der Waals surface area contributed by atoms with Crippen LogP contribution in [0, 0.1) is 12.8 Å². The summed E-state index contributed by atoms with van der Waals surface area (Å²) in [6.07, 6.45) is 4.00. The fraction of sp³-hybridized carbons (Fsp3) is 0.500. The summed E-state index contributed by atoms with van der Waals surface area (Å²) in [6, 6.07) is 6.82. The molecule has 1 saturated carbocycles. The van der Waals surface area contributed by atoms with Gasteiger partial charge in [-0.1, -0.05) is 18.9 Å². The SMILES string of the molecule is Cc1ccc2c(c1)nc(N)n2C(C)CC1CC1. The predicted molar refractivity (Wildman–Crippen MR) is 70.9 cm³/mol. The molecule has 1 aromatic carbocycles. The number of anilines is 1. The summed E-state index contributed by atoms with van der Waals surface area (Å²) in [7, 11) is 0. The van der Waals surface area contributed by atoms with Crippen LogP contribution in [-0.2, 0) is 0 Å². The minimum Gasteiger partial charge on any atom is -0.369 e. The van der Waals surface area contributed by atoms with Crippen molar-refractivity contribution >= 4 is 17.0 Å². The molecule has 1 aliphatic rings. The van der Waals surface area contributed by atoms with Gasteiger partial charge in [-0.2, -0.15) is 0 Å². The second-order valence-electron chi connectivity index (χ2n) is 5.36. The molecule has 2 N–H and O–H groups in total. The Morgan fingerprint density at radius 2 is 2.24 bits per heavy atom. The predicted octanol–water partition coefficient (Wildman–Crippen LogP) is 3.29. The molecular weight excluding hydrogens is 210 g/mol. The monoisotopic (exact) mass is 229 g/mol. The topological polar surface area (TPSA) is 43.8 Å². The number of rotatable bonds is 3. The quantitative estimate of drug-likeness (QED) is 0.877. The maximum Gasteiger partial charge on any atom is 0.201 e. The number of benzene rings is 1. The Morgan fingerprint density at radius 1 is 1.47 bits per heavy atom. The van der Waals surface area contributed by atoms with Crippen LogP contribution in [0.2, 0.25) is 0 Å². The standard InChI is InChI=1S/C14H19N3/c1-9-3-6-13-12(7-9)16-14(15)17(13)10(2)8-11-4-5-11/h3,6-7,10-11H,4-5,8H2,1-2H3,(H2,15,16). The third-order valence-electron chi connectivity index (χ3n) is 3.68. The summed E-state index contributed by atoms with van der Waals surface area (Å²) in [4.78, 5) is 4.46. The van der Waals surface area contributed by atoms with Crippen molar-refractivity contribution in [2.24, 2.45) is 5.92 Å². The molecule has 90 valence electrons. The highest BCUT2D eigenvalue weighted by molar-refractivity contribution is 5.79. The van der Waals surface area contributed by atoms with Crippen molar-refractivity contribution in [3.63, 3.8) is 0 Å². The molecule has 0 spiro atoms. The van der Waals surface area contributed by atoms with Crippen molar-refractivity contribution in [1.82, 2.24) is 9.55 Å². The van der Waals surface area contributed by atoms with Crippen molar-refractivity contribution in [2.45, 2.75) is 39.2 Å². The Morgan fingerprint density at radius 3 is 2.94 bits per heavy atom. The van der Waals surface area contributed by atoms with Gasteiger partial charge in [-0.3, -0.25) is 0 Å². The lowest BCUT2D eigenvalue weighted by Gasteiger charge is -2.15. The molecule has 1 aliphatic carbocycles. The lowest BCUT2D eigenvalue weighted by molar-refractivity contribution is 0.492. The number of imidazole rings is 1. The minimum absolute atomic E-state index is 0.454. The van der Waals surface area contributed by atoms with Crippen molar-refractivity contribution in [3.05, 3.63) is 23.8 Å². The highest BCUT2D eigenvalue weighted by Crippen LogP contribution is 2.38. The largest absolute Gasteiger partial charge is 0.369 e. The van der Waals surface area contributed by atoms with Gasteiger partial charge >= 0.3 is 0 Å². The zero-order valence-electron chi connectivity index (χ0n) is 10.5. The van der Waals surface area contributed by atoms with E-state index in [1.54, 1.807) is 0 Å². The molecule has 1 heterocycles. The molecule has 0 aliphatic heterocycles. The van der Waals surface area contributed by atoms with Gasteiger partial charge in [0, 0.05) is 6.04 Å². The van der Waals surface area contributed by atoms with E-state index in [0.717, 1.165) is 11.4 Å². The molecule has 1 aromatic heterocycles. The summed E-state index contributed by atoms with van der Waals surface area (Å²) < 4.78 is 2.19. The van der Waals surface area contributed by atoms with Crippen molar-refractivity contribution in [2.75, 3.05) is 5.73 Å². The van der Waals surface area contributed by atoms with Crippen molar-refractivity contribution in [3.8, 4) is 0 Å². The Bertz CT molecular complexity index is 552. The minimum atomic E-state index is 0.454. The smallest absolute Gasteiger partial charge is 0.201 e. The molecular formula is C14H19N3. The molecule has 0 bridgehead atoms. The molecule has 1 atom stereocenters. The molecule has 0 amide bonds. The Balaban J connectivity index is 2.04. The van der Waals surface area contributed by atoms with Crippen LogP contribution in [0.1, 0.15) is 37.8 Å². The molecule has 3 nitrogen and oxygen atoms in total. The van der Waals surface area contributed by atoms with E-state index in [9.17, 15) is 0 Å².